The summed E-state index contributed by atoms with van der Waals surface area (Å²) in [6, 6.07) is 36.8. The summed E-state index contributed by atoms with van der Waals surface area (Å²) in [6.07, 6.45) is 0.849. The van der Waals surface area contributed by atoms with Crippen molar-refractivity contribution >= 4 is 17.5 Å². The van der Waals surface area contributed by atoms with Crippen LogP contribution in [0.1, 0.15) is 21.5 Å². The second-order valence-corrected chi connectivity index (χ2v) is 9.53. The first-order valence-electron chi connectivity index (χ1n) is 12.1. The lowest BCUT2D eigenvalue weighted by molar-refractivity contribution is 0.0439. The second-order valence-electron chi connectivity index (χ2n) is 9.12. The molecule has 4 heteroatoms. The first-order chi connectivity index (χ1) is 17.2. The van der Waals surface area contributed by atoms with Gasteiger partial charge in [0.2, 0.25) is 0 Å². The maximum absolute atomic E-state index is 13.4. The molecule has 35 heavy (non-hydrogen) atoms. The van der Waals surface area contributed by atoms with E-state index in [1.807, 2.05) is 54.6 Å². The van der Waals surface area contributed by atoms with Crippen molar-refractivity contribution in [2.24, 2.45) is 0 Å². The van der Waals surface area contributed by atoms with Crippen molar-refractivity contribution in [2.75, 3.05) is 19.6 Å². The molecule has 0 saturated carbocycles. The van der Waals surface area contributed by atoms with Crippen LogP contribution in [0.5, 0.6) is 0 Å². The van der Waals surface area contributed by atoms with Gasteiger partial charge in [-0.25, -0.2) is 0 Å². The summed E-state index contributed by atoms with van der Waals surface area (Å²) in [7, 11) is 0. The molecule has 4 aromatic carbocycles. The van der Waals surface area contributed by atoms with Crippen LogP contribution in [0.25, 0.3) is 11.1 Å². The molecule has 0 radical (unpaired) electrons. The average Bonchev–Trinajstić information content (AvgIpc) is 2.90. The third kappa shape index (κ3) is 5.64. The van der Waals surface area contributed by atoms with E-state index in [1.165, 1.54) is 11.1 Å². The highest BCUT2D eigenvalue weighted by atomic mass is 35.5. The van der Waals surface area contributed by atoms with E-state index in [0.717, 1.165) is 54.3 Å². The van der Waals surface area contributed by atoms with E-state index in [4.69, 9.17) is 11.6 Å². The molecule has 0 aliphatic carbocycles. The molecule has 176 valence electrons. The number of amides is 1. The zero-order valence-corrected chi connectivity index (χ0v) is 20.4. The van der Waals surface area contributed by atoms with Crippen molar-refractivity contribution in [2.45, 2.75) is 19.0 Å². The average molecular weight is 481 g/mol. The van der Waals surface area contributed by atoms with E-state index < -0.39 is 0 Å². The van der Waals surface area contributed by atoms with Crippen LogP contribution in [0.3, 0.4) is 0 Å². The molecule has 1 amide bonds. The Bertz CT molecular complexity index is 1260. The van der Waals surface area contributed by atoms with Gasteiger partial charge in [-0.2, -0.15) is 0 Å². The number of hydrogen-bond acceptors (Lipinski definition) is 2. The minimum Gasteiger partial charge on any atom is -0.333 e. The van der Waals surface area contributed by atoms with Crippen LogP contribution in [0, 0.1) is 0 Å². The topological polar surface area (TPSA) is 23.6 Å². The molecule has 5 rings (SSSR count). The van der Waals surface area contributed by atoms with E-state index >= 15 is 0 Å². The minimum absolute atomic E-state index is 0.121. The van der Waals surface area contributed by atoms with Gasteiger partial charge in [-0.15, -0.1) is 0 Å². The molecule has 1 atom stereocenters. The van der Waals surface area contributed by atoms with E-state index in [1.54, 1.807) is 0 Å². The first-order valence-corrected chi connectivity index (χ1v) is 12.5. The molecule has 0 spiro atoms. The van der Waals surface area contributed by atoms with Crippen LogP contribution in [0.4, 0.5) is 0 Å². The number of piperazine rings is 1. The Morgan fingerprint density at radius 1 is 0.743 bits per heavy atom. The summed E-state index contributed by atoms with van der Waals surface area (Å²) >= 11 is 6.38. The fourth-order valence-electron chi connectivity index (χ4n) is 4.88. The van der Waals surface area contributed by atoms with Crippen LogP contribution in [-0.2, 0) is 13.0 Å². The maximum atomic E-state index is 13.4. The first kappa shape index (κ1) is 23.3. The highest BCUT2D eigenvalue weighted by Crippen LogP contribution is 2.28. The Morgan fingerprint density at radius 3 is 2.11 bits per heavy atom. The molecule has 1 saturated heterocycles. The molecule has 0 N–H and O–H groups in total. The van der Waals surface area contributed by atoms with Gasteiger partial charge in [0.05, 0.1) is 0 Å². The van der Waals surface area contributed by atoms with Gasteiger partial charge in [0.1, 0.15) is 0 Å². The molecule has 0 bridgehead atoms. The summed E-state index contributed by atoms with van der Waals surface area (Å²) in [4.78, 5) is 17.9. The van der Waals surface area contributed by atoms with E-state index in [2.05, 4.69) is 64.4 Å². The smallest absolute Gasteiger partial charge is 0.254 e. The van der Waals surface area contributed by atoms with Crippen LogP contribution < -0.4 is 0 Å². The SMILES string of the molecule is O=C(c1ccccc1)N1CCN(Cc2ccc(-c3ccccc3Cl)cc2)CC1Cc1ccccc1. The van der Waals surface area contributed by atoms with Crippen molar-refractivity contribution in [1.29, 1.82) is 0 Å². The number of rotatable bonds is 6. The lowest BCUT2D eigenvalue weighted by Crippen LogP contribution is -2.55. The Morgan fingerprint density at radius 2 is 1.40 bits per heavy atom. The van der Waals surface area contributed by atoms with Crippen molar-refractivity contribution < 1.29 is 4.79 Å². The number of carbonyl (C=O) groups excluding carboxylic acids is 1. The van der Waals surface area contributed by atoms with Crippen LogP contribution in [0.2, 0.25) is 5.02 Å². The predicted octanol–water partition coefficient (Wildman–Crippen LogP) is 6.58. The van der Waals surface area contributed by atoms with Gasteiger partial charge in [-0.3, -0.25) is 9.69 Å². The van der Waals surface area contributed by atoms with Gasteiger partial charge in [0.15, 0.2) is 0 Å². The maximum Gasteiger partial charge on any atom is 0.254 e. The monoisotopic (exact) mass is 480 g/mol. The van der Waals surface area contributed by atoms with E-state index in [-0.39, 0.29) is 11.9 Å². The molecule has 1 heterocycles. The van der Waals surface area contributed by atoms with Gasteiger partial charge in [-0.05, 0) is 41.3 Å². The third-order valence-corrected chi connectivity index (χ3v) is 7.04. The zero-order valence-electron chi connectivity index (χ0n) is 19.7. The number of nitrogens with zero attached hydrogens (tertiary/aromatic N) is 2. The van der Waals surface area contributed by atoms with Crippen molar-refractivity contribution in [3.05, 3.63) is 131 Å². The normalized spacial score (nSPS) is 16.3. The lowest BCUT2D eigenvalue weighted by atomic mass is 10.00. The quantitative estimate of drug-likeness (QED) is 0.311. The Kier molecular flexibility index (Phi) is 7.27. The molecular weight excluding hydrogens is 452 g/mol. The van der Waals surface area contributed by atoms with Crippen LogP contribution in [-0.4, -0.2) is 41.4 Å². The molecule has 1 fully saturated rings. The summed E-state index contributed by atoms with van der Waals surface area (Å²) in [6.45, 7) is 3.29. The second kappa shape index (κ2) is 10.9. The Hall–Kier alpha value is -3.40. The molecule has 4 aromatic rings. The van der Waals surface area contributed by atoms with Gasteiger partial charge < -0.3 is 4.90 Å². The number of hydrogen-bond donors (Lipinski definition) is 0. The van der Waals surface area contributed by atoms with Gasteiger partial charge in [0, 0.05) is 48.4 Å². The molecule has 1 unspecified atom stereocenters. The minimum atomic E-state index is 0.121. The standard InChI is InChI=1S/C31H29ClN2O/c32-30-14-8-7-13-29(30)26-17-15-25(16-18-26)22-33-19-20-34(31(35)27-11-5-2-6-12-27)28(23-33)21-24-9-3-1-4-10-24/h1-18,28H,19-23H2. The summed E-state index contributed by atoms with van der Waals surface area (Å²) in [5, 5.41) is 0.767. The summed E-state index contributed by atoms with van der Waals surface area (Å²) in [5.74, 6) is 0.121. The van der Waals surface area contributed by atoms with E-state index in [9.17, 15) is 4.79 Å². The highest BCUT2D eigenvalue weighted by molar-refractivity contribution is 6.33. The predicted molar refractivity (Wildman–Crippen MR) is 144 cm³/mol. The van der Waals surface area contributed by atoms with Crippen LogP contribution in [0.15, 0.2) is 109 Å². The largest absolute Gasteiger partial charge is 0.333 e. The molecular formula is C31H29ClN2O. The van der Waals surface area contributed by atoms with Gasteiger partial charge in [0.25, 0.3) is 5.91 Å². The number of benzene rings is 4. The van der Waals surface area contributed by atoms with Crippen molar-refractivity contribution in [3.63, 3.8) is 0 Å². The van der Waals surface area contributed by atoms with Gasteiger partial charge >= 0.3 is 0 Å². The summed E-state index contributed by atoms with van der Waals surface area (Å²) < 4.78 is 0. The highest BCUT2D eigenvalue weighted by Gasteiger charge is 2.31. The van der Waals surface area contributed by atoms with Crippen molar-refractivity contribution in [3.8, 4) is 11.1 Å². The van der Waals surface area contributed by atoms with Crippen LogP contribution >= 0.6 is 11.6 Å². The summed E-state index contributed by atoms with van der Waals surface area (Å²) in [5.41, 5.74) is 5.46. The lowest BCUT2D eigenvalue weighted by Gasteiger charge is -2.42. The molecule has 3 nitrogen and oxygen atoms in total. The zero-order chi connectivity index (χ0) is 24.0. The Labute approximate surface area is 212 Å². The molecule has 0 aromatic heterocycles. The Balaban J connectivity index is 1.31. The third-order valence-electron chi connectivity index (χ3n) is 6.71. The van der Waals surface area contributed by atoms with E-state index in [0.29, 0.717) is 0 Å². The fourth-order valence-corrected chi connectivity index (χ4v) is 5.13. The molecule has 1 aliphatic heterocycles. The fraction of sp³-hybridized carbons (Fsp3) is 0.194. The molecule has 1 aliphatic rings. The number of halogens is 1. The van der Waals surface area contributed by atoms with Crippen molar-refractivity contribution in [1.82, 2.24) is 9.80 Å². The number of carbonyl (C=O) groups is 1. The van der Waals surface area contributed by atoms with Gasteiger partial charge in [-0.1, -0.05) is 103 Å².